The first kappa shape index (κ1) is 20.9. The topological polar surface area (TPSA) is 67.6 Å². The van der Waals surface area contributed by atoms with Crippen LogP contribution in [0, 0.1) is 0 Å². The molecular formula is C23H29N3O3. The van der Waals surface area contributed by atoms with Gasteiger partial charge in [-0.25, -0.2) is 4.98 Å². The number of aryl methyl sites for hydroxylation is 1. The van der Waals surface area contributed by atoms with Gasteiger partial charge in [0, 0.05) is 36.7 Å². The van der Waals surface area contributed by atoms with Crippen molar-refractivity contribution in [1.29, 1.82) is 0 Å². The summed E-state index contributed by atoms with van der Waals surface area (Å²) in [5, 5.41) is 3.87. The fourth-order valence-electron chi connectivity index (χ4n) is 3.14. The van der Waals surface area contributed by atoms with Crippen molar-refractivity contribution in [3.8, 4) is 5.88 Å². The monoisotopic (exact) mass is 395 g/mol. The maximum atomic E-state index is 13.1. The van der Waals surface area contributed by atoms with Gasteiger partial charge in [-0.1, -0.05) is 37.6 Å². The van der Waals surface area contributed by atoms with Gasteiger partial charge >= 0.3 is 0 Å². The highest BCUT2D eigenvalue weighted by Crippen LogP contribution is 2.27. The number of hydrogen-bond acceptors (Lipinski definition) is 5. The number of nitrogens with one attached hydrogen (secondary N) is 1. The molecular weight excluding hydrogens is 366 g/mol. The number of pyridine rings is 1. The predicted octanol–water partition coefficient (Wildman–Crippen LogP) is 4.04. The zero-order chi connectivity index (χ0) is 20.6. The largest absolute Gasteiger partial charge is 0.476 e. The molecule has 1 aromatic carbocycles. The maximum Gasteiger partial charge on any atom is 0.255 e. The average Bonchev–Trinajstić information content (AvgIpc) is 3.09. The van der Waals surface area contributed by atoms with Gasteiger partial charge in [-0.05, 0) is 32.6 Å². The lowest BCUT2D eigenvalue weighted by molar-refractivity contribution is 0.0950. The second kappa shape index (κ2) is 10.1. The second-order valence-corrected chi connectivity index (χ2v) is 7.30. The van der Waals surface area contributed by atoms with Crippen LogP contribution >= 0.6 is 0 Å². The number of rotatable bonds is 10. The van der Waals surface area contributed by atoms with Crippen LogP contribution in [0.25, 0.3) is 11.0 Å². The van der Waals surface area contributed by atoms with Crippen LogP contribution in [0.15, 0.2) is 47.0 Å². The molecule has 0 unspecified atom stereocenters. The van der Waals surface area contributed by atoms with E-state index in [0.29, 0.717) is 24.6 Å². The molecule has 6 heteroatoms. The number of carbonyl (C=O) groups is 1. The summed E-state index contributed by atoms with van der Waals surface area (Å²) >= 11 is 0. The molecule has 154 valence electrons. The van der Waals surface area contributed by atoms with Crippen LogP contribution in [0.3, 0.4) is 0 Å². The Morgan fingerprint density at radius 3 is 2.83 bits per heavy atom. The van der Waals surface area contributed by atoms with E-state index in [2.05, 4.69) is 17.2 Å². The normalized spacial score (nSPS) is 11.2. The number of fused-ring (bicyclic) bond motifs is 1. The van der Waals surface area contributed by atoms with Crippen LogP contribution in [-0.2, 0) is 13.0 Å². The van der Waals surface area contributed by atoms with Gasteiger partial charge in [0.15, 0.2) is 0 Å². The predicted molar refractivity (Wildman–Crippen MR) is 114 cm³/mol. The molecule has 0 saturated carbocycles. The first-order valence-corrected chi connectivity index (χ1v) is 10.1. The van der Waals surface area contributed by atoms with Gasteiger partial charge in [-0.3, -0.25) is 4.79 Å². The van der Waals surface area contributed by atoms with Gasteiger partial charge in [0.05, 0.1) is 5.56 Å². The number of nitrogens with zero attached hydrogens (tertiary/aromatic N) is 2. The number of benzene rings is 1. The van der Waals surface area contributed by atoms with Crippen LogP contribution in [0.1, 0.15) is 41.4 Å². The molecule has 6 nitrogen and oxygen atoms in total. The lowest BCUT2D eigenvalue weighted by Crippen LogP contribution is -2.24. The molecule has 29 heavy (non-hydrogen) atoms. The van der Waals surface area contributed by atoms with Gasteiger partial charge in [-0.2, -0.15) is 0 Å². The zero-order valence-corrected chi connectivity index (χ0v) is 17.4. The molecule has 1 N–H and O–H groups in total. The van der Waals surface area contributed by atoms with Crippen LogP contribution in [0.5, 0.6) is 5.88 Å². The summed E-state index contributed by atoms with van der Waals surface area (Å²) in [6.45, 7) is 3.81. The Balaban J connectivity index is 1.75. The Labute approximate surface area is 171 Å². The molecule has 2 heterocycles. The summed E-state index contributed by atoms with van der Waals surface area (Å²) < 4.78 is 11.8. The number of para-hydroxylation sites is 1. The number of carbonyl (C=O) groups excluding carboxylic acids is 1. The third-order valence-electron chi connectivity index (χ3n) is 4.72. The summed E-state index contributed by atoms with van der Waals surface area (Å²) in [4.78, 5) is 19.4. The summed E-state index contributed by atoms with van der Waals surface area (Å²) in [6.07, 6.45) is 4.47. The minimum atomic E-state index is -0.135. The molecule has 2 aromatic heterocycles. The van der Waals surface area contributed by atoms with Crippen molar-refractivity contribution in [2.75, 3.05) is 27.2 Å². The third kappa shape index (κ3) is 5.35. The van der Waals surface area contributed by atoms with Gasteiger partial charge < -0.3 is 19.4 Å². The highest BCUT2D eigenvalue weighted by atomic mass is 16.5. The van der Waals surface area contributed by atoms with Crippen molar-refractivity contribution >= 4 is 16.9 Å². The molecule has 0 spiro atoms. The van der Waals surface area contributed by atoms with E-state index in [-0.39, 0.29) is 5.91 Å². The standard InChI is InChI=1S/C23H29N3O3/c1-4-5-11-20-21(18-10-6-7-12-19(18)29-20)22(27)25-16-17-9-8-13-24-23(17)28-15-14-26(2)3/h6-10,12-13H,4-5,11,14-16H2,1-3H3,(H,25,27). The van der Waals surface area contributed by atoms with Crippen molar-refractivity contribution < 1.29 is 13.9 Å². The van der Waals surface area contributed by atoms with E-state index in [1.165, 1.54) is 0 Å². The summed E-state index contributed by atoms with van der Waals surface area (Å²) in [5.41, 5.74) is 2.23. The van der Waals surface area contributed by atoms with E-state index in [1.807, 2.05) is 55.4 Å². The number of furan rings is 1. The Bertz CT molecular complexity index is 949. The van der Waals surface area contributed by atoms with Gasteiger partial charge in [0.1, 0.15) is 18.0 Å². The van der Waals surface area contributed by atoms with Crippen molar-refractivity contribution in [1.82, 2.24) is 15.2 Å². The van der Waals surface area contributed by atoms with Crippen LogP contribution in [0.2, 0.25) is 0 Å². The maximum absolute atomic E-state index is 13.1. The van der Waals surface area contributed by atoms with Gasteiger partial charge in [0.2, 0.25) is 5.88 Å². The second-order valence-electron chi connectivity index (χ2n) is 7.30. The number of ether oxygens (including phenoxy) is 1. The van der Waals surface area contributed by atoms with E-state index < -0.39 is 0 Å². The first-order valence-electron chi connectivity index (χ1n) is 10.1. The van der Waals surface area contributed by atoms with Crippen molar-refractivity contribution in [2.45, 2.75) is 32.7 Å². The summed E-state index contributed by atoms with van der Waals surface area (Å²) in [6, 6.07) is 11.5. The fourth-order valence-corrected chi connectivity index (χ4v) is 3.14. The van der Waals surface area contributed by atoms with E-state index in [1.54, 1.807) is 6.20 Å². The Morgan fingerprint density at radius 2 is 2.03 bits per heavy atom. The van der Waals surface area contributed by atoms with Gasteiger partial charge in [-0.15, -0.1) is 0 Å². The molecule has 3 rings (SSSR count). The summed E-state index contributed by atoms with van der Waals surface area (Å²) in [5.74, 6) is 1.17. The molecule has 0 aliphatic rings. The average molecular weight is 396 g/mol. The van der Waals surface area contributed by atoms with Crippen LogP contribution in [0.4, 0.5) is 0 Å². The molecule has 0 radical (unpaired) electrons. The SMILES string of the molecule is CCCCc1oc2ccccc2c1C(=O)NCc1cccnc1OCCN(C)C. The number of unbranched alkanes of at least 4 members (excludes halogenated alkanes) is 1. The van der Waals surface area contributed by atoms with Crippen molar-refractivity contribution in [3.05, 3.63) is 59.5 Å². The minimum absolute atomic E-state index is 0.135. The summed E-state index contributed by atoms with van der Waals surface area (Å²) in [7, 11) is 3.99. The highest BCUT2D eigenvalue weighted by molar-refractivity contribution is 6.07. The first-order chi connectivity index (χ1) is 14.1. The zero-order valence-electron chi connectivity index (χ0n) is 17.4. The number of amides is 1. The Morgan fingerprint density at radius 1 is 1.21 bits per heavy atom. The smallest absolute Gasteiger partial charge is 0.255 e. The fraction of sp³-hybridized carbons (Fsp3) is 0.391. The van der Waals surface area contributed by atoms with E-state index in [0.717, 1.165) is 48.1 Å². The van der Waals surface area contributed by atoms with E-state index in [9.17, 15) is 4.79 Å². The minimum Gasteiger partial charge on any atom is -0.476 e. The molecule has 0 fully saturated rings. The van der Waals surface area contributed by atoms with Crippen LogP contribution < -0.4 is 10.1 Å². The molecule has 1 amide bonds. The van der Waals surface area contributed by atoms with Crippen molar-refractivity contribution in [2.24, 2.45) is 0 Å². The molecule has 0 aliphatic carbocycles. The lowest BCUT2D eigenvalue weighted by atomic mass is 10.1. The van der Waals surface area contributed by atoms with E-state index >= 15 is 0 Å². The van der Waals surface area contributed by atoms with E-state index in [4.69, 9.17) is 9.15 Å². The number of aromatic nitrogens is 1. The molecule has 0 aliphatic heterocycles. The molecule has 0 saturated heterocycles. The van der Waals surface area contributed by atoms with Gasteiger partial charge in [0.25, 0.3) is 5.91 Å². The quantitative estimate of drug-likeness (QED) is 0.561. The lowest BCUT2D eigenvalue weighted by Gasteiger charge is -2.13. The Kier molecular flexibility index (Phi) is 7.25. The number of likely N-dealkylation sites (N-methyl/N-ethyl adjacent to an activating group) is 1. The number of hydrogen-bond donors (Lipinski definition) is 1. The van der Waals surface area contributed by atoms with Crippen molar-refractivity contribution in [3.63, 3.8) is 0 Å². The highest BCUT2D eigenvalue weighted by Gasteiger charge is 2.20. The van der Waals surface area contributed by atoms with Crippen LogP contribution in [-0.4, -0.2) is 43.0 Å². The molecule has 0 bridgehead atoms. The molecule has 0 atom stereocenters. The Hall–Kier alpha value is -2.86. The molecule has 3 aromatic rings. The third-order valence-corrected chi connectivity index (χ3v) is 4.72.